The Bertz CT molecular complexity index is 1300. The van der Waals surface area contributed by atoms with Crippen LogP contribution in [0.2, 0.25) is 0 Å². The van der Waals surface area contributed by atoms with E-state index >= 15 is 0 Å². The minimum atomic E-state index is -3.03. The number of methoxy groups -OCH3 is 1. The summed E-state index contributed by atoms with van der Waals surface area (Å²) in [5.41, 5.74) is 3.55. The molecule has 0 saturated carbocycles. The lowest BCUT2D eigenvalue weighted by atomic mass is 10.0. The van der Waals surface area contributed by atoms with Gasteiger partial charge in [0.25, 0.3) is 5.92 Å². The first-order chi connectivity index (χ1) is 17.3. The number of alkyl halides is 2. The summed E-state index contributed by atoms with van der Waals surface area (Å²) in [6.45, 7) is 2.08. The topological polar surface area (TPSA) is 94.8 Å². The Labute approximate surface area is 207 Å². The summed E-state index contributed by atoms with van der Waals surface area (Å²) < 4.78 is 33.9. The smallest absolute Gasteiger partial charge is 0.272 e. The van der Waals surface area contributed by atoms with Crippen LogP contribution in [0.1, 0.15) is 29.4 Å². The fraction of sp³-hybridized carbons (Fsp3) is 0.269. The Balaban J connectivity index is 1.33. The molecule has 4 aromatic rings. The van der Waals surface area contributed by atoms with Crippen molar-refractivity contribution in [2.45, 2.75) is 32.2 Å². The quantitative estimate of drug-likeness (QED) is 0.355. The summed E-state index contributed by atoms with van der Waals surface area (Å²) in [4.78, 5) is 25.1. The molecule has 0 fully saturated rings. The first kappa shape index (κ1) is 25.1. The number of nitrogens with zero attached hydrogens (tertiary/aromatic N) is 5. The van der Waals surface area contributed by atoms with Gasteiger partial charge in [0.1, 0.15) is 5.82 Å². The maximum absolute atomic E-state index is 13.5. The van der Waals surface area contributed by atoms with Crippen LogP contribution in [0.4, 0.5) is 14.5 Å². The Hall–Kier alpha value is -4.05. The third kappa shape index (κ3) is 6.76. The number of benzene rings is 1. The van der Waals surface area contributed by atoms with Crippen molar-refractivity contribution in [3.8, 4) is 11.1 Å². The van der Waals surface area contributed by atoms with Crippen LogP contribution in [0.15, 0.2) is 67.5 Å². The Morgan fingerprint density at radius 1 is 1.03 bits per heavy atom. The molecule has 3 heterocycles. The second-order valence-electron chi connectivity index (χ2n) is 8.44. The molecule has 0 unspecified atom stereocenters. The van der Waals surface area contributed by atoms with Crippen LogP contribution >= 0.6 is 0 Å². The molecular formula is C26H26F2N6O2. The zero-order valence-corrected chi connectivity index (χ0v) is 20.0. The SMILES string of the molecule is COCCn1cc(Cc2ncc(-c3ccc(CC(=O)Nc4cncc(C(C)(F)F)c4)cc3)cn2)cn1. The normalized spacial score (nSPS) is 11.4. The summed E-state index contributed by atoms with van der Waals surface area (Å²) in [7, 11) is 1.66. The highest BCUT2D eigenvalue weighted by atomic mass is 19.3. The van der Waals surface area contributed by atoms with Gasteiger partial charge in [-0.05, 0) is 22.8 Å². The molecule has 1 amide bonds. The predicted molar refractivity (Wildman–Crippen MR) is 131 cm³/mol. The van der Waals surface area contributed by atoms with Gasteiger partial charge < -0.3 is 10.1 Å². The lowest BCUT2D eigenvalue weighted by Gasteiger charge is -2.12. The van der Waals surface area contributed by atoms with E-state index < -0.39 is 5.92 Å². The van der Waals surface area contributed by atoms with E-state index in [0.717, 1.165) is 35.4 Å². The molecule has 10 heteroatoms. The van der Waals surface area contributed by atoms with Crippen molar-refractivity contribution in [3.63, 3.8) is 0 Å². The Kier molecular flexibility index (Phi) is 7.74. The average Bonchev–Trinajstić information content (AvgIpc) is 3.30. The van der Waals surface area contributed by atoms with Crippen molar-refractivity contribution in [2.75, 3.05) is 19.0 Å². The fourth-order valence-corrected chi connectivity index (χ4v) is 3.54. The number of nitrogens with one attached hydrogen (secondary N) is 1. The average molecular weight is 493 g/mol. The van der Waals surface area contributed by atoms with Gasteiger partial charge in [-0.3, -0.25) is 14.5 Å². The molecule has 0 bridgehead atoms. The van der Waals surface area contributed by atoms with Gasteiger partial charge >= 0.3 is 0 Å². The van der Waals surface area contributed by atoms with Crippen LogP contribution in [0.3, 0.4) is 0 Å². The first-order valence-corrected chi connectivity index (χ1v) is 11.3. The Morgan fingerprint density at radius 2 is 1.78 bits per heavy atom. The predicted octanol–water partition coefficient (Wildman–Crippen LogP) is 4.27. The lowest BCUT2D eigenvalue weighted by Crippen LogP contribution is -2.15. The Morgan fingerprint density at radius 3 is 2.47 bits per heavy atom. The van der Waals surface area contributed by atoms with Crippen molar-refractivity contribution >= 4 is 11.6 Å². The van der Waals surface area contributed by atoms with Gasteiger partial charge in [0.15, 0.2) is 0 Å². The van der Waals surface area contributed by atoms with Crippen molar-refractivity contribution in [3.05, 3.63) is 90.0 Å². The molecule has 0 aliphatic carbocycles. The van der Waals surface area contributed by atoms with Crippen LogP contribution in [-0.4, -0.2) is 44.4 Å². The minimum Gasteiger partial charge on any atom is -0.383 e. The van der Waals surface area contributed by atoms with Crippen molar-refractivity contribution in [1.29, 1.82) is 0 Å². The second kappa shape index (κ2) is 11.1. The third-order valence-electron chi connectivity index (χ3n) is 5.46. The number of anilines is 1. The van der Waals surface area contributed by atoms with Gasteiger partial charge in [-0.25, -0.2) is 18.7 Å². The van der Waals surface area contributed by atoms with Gasteiger partial charge in [-0.15, -0.1) is 0 Å². The molecule has 0 spiro atoms. The van der Waals surface area contributed by atoms with Crippen LogP contribution in [-0.2, 0) is 34.8 Å². The maximum atomic E-state index is 13.5. The molecule has 186 valence electrons. The molecule has 1 aromatic carbocycles. The van der Waals surface area contributed by atoms with Crippen molar-refractivity contribution in [2.24, 2.45) is 0 Å². The second-order valence-corrected chi connectivity index (χ2v) is 8.44. The zero-order valence-electron chi connectivity index (χ0n) is 20.0. The first-order valence-electron chi connectivity index (χ1n) is 11.3. The van der Waals surface area contributed by atoms with Gasteiger partial charge in [0.2, 0.25) is 5.91 Å². The van der Waals surface area contributed by atoms with Gasteiger partial charge in [0.05, 0.1) is 37.7 Å². The molecule has 0 aliphatic heterocycles. The van der Waals surface area contributed by atoms with Crippen LogP contribution in [0, 0.1) is 0 Å². The van der Waals surface area contributed by atoms with E-state index in [9.17, 15) is 13.6 Å². The fourth-order valence-electron chi connectivity index (χ4n) is 3.54. The van der Waals surface area contributed by atoms with E-state index in [1.807, 2.05) is 35.1 Å². The largest absolute Gasteiger partial charge is 0.383 e. The van der Waals surface area contributed by atoms with Gasteiger partial charge in [-0.1, -0.05) is 24.3 Å². The number of carbonyl (C=O) groups is 1. The number of rotatable bonds is 10. The molecule has 0 atom stereocenters. The number of carbonyl (C=O) groups excluding carboxylic acids is 1. The van der Waals surface area contributed by atoms with Crippen LogP contribution in [0.25, 0.3) is 11.1 Å². The zero-order chi connectivity index (χ0) is 25.5. The molecular weight excluding hydrogens is 466 g/mol. The molecule has 1 N–H and O–H groups in total. The molecule has 0 aliphatic rings. The van der Waals surface area contributed by atoms with Crippen molar-refractivity contribution in [1.82, 2.24) is 24.7 Å². The highest BCUT2D eigenvalue weighted by molar-refractivity contribution is 5.92. The number of hydrogen-bond donors (Lipinski definition) is 1. The van der Waals surface area contributed by atoms with E-state index in [-0.39, 0.29) is 23.6 Å². The summed E-state index contributed by atoms with van der Waals surface area (Å²) in [6.07, 6.45) is 10.4. The van der Waals surface area contributed by atoms with Crippen LogP contribution < -0.4 is 5.32 Å². The van der Waals surface area contributed by atoms with E-state index in [0.29, 0.717) is 25.4 Å². The number of pyridine rings is 1. The van der Waals surface area contributed by atoms with E-state index in [2.05, 4.69) is 25.4 Å². The third-order valence-corrected chi connectivity index (χ3v) is 5.46. The van der Waals surface area contributed by atoms with Crippen molar-refractivity contribution < 1.29 is 18.3 Å². The number of ether oxygens (including phenoxy) is 1. The highest BCUT2D eigenvalue weighted by Gasteiger charge is 2.25. The van der Waals surface area contributed by atoms with Crippen LogP contribution in [0.5, 0.6) is 0 Å². The molecule has 0 saturated heterocycles. The standard InChI is InChI=1S/C26H26F2N6O2/c1-26(27,28)22-11-23(16-29-15-22)33-25(35)10-18-3-5-20(6-4-18)21-13-30-24(31-14-21)9-19-12-32-34(17-19)7-8-36-2/h3-6,11-17H,7-10H2,1-2H3,(H,33,35). The van der Waals surface area contributed by atoms with Gasteiger partial charge in [0, 0.05) is 56.4 Å². The number of aromatic nitrogens is 5. The van der Waals surface area contributed by atoms with E-state index in [1.165, 1.54) is 12.3 Å². The van der Waals surface area contributed by atoms with Gasteiger partial charge in [-0.2, -0.15) is 5.10 Å². The summed E-state index contributed by atoms with van der Waals surface area (Å²) >= 11 is 0. The molecule has 3 aromatic heterocycles. The van der Waals surface area contributed by atoms with E-state index in [4.69, 9.17) is 4.74 Å². The summed E-state index contributed by atoms with van der Waals surface area (Å²) in [5, 5.41) is 6.92. The summed E-state index contributed by atoms with van der Waals surface area (Å²) in [6, 6.07) is 8.69. The highest BCUT2D eigenvalue weighted by Crippen LogP contribution is 2.27. The monoisotopic (exact) mass is 492 g/mol. The van der Waals surface area contributed by atoms with E-state index in [1.54, 1.807) is 25.7 Å². The number of amides is 1. The molecule has 36 heavy (non-hydrogen) atoms. The summed E-state index contributed by atoms with van der Waals surface area (Å²) in [5.74, 6) is -2.66. The number of halogens is 2. The maximum Gasteiger partial charge on any atom is 0.272 e. The molecule has 8 nitrogen and oxygen atoms in total. The minimum absolute atomic E-state index is 0.0977. The number of hydrogen-bond acceptors (Lipinski definition) is 6. The molecule has 4 rings (SSSR count). The lowest BCUT2D eigenvalue weighted by molar-refractivity contribution is -0.115. The molecule has 0 radical (unpaired) electrons.